The van der Waals surface area contributed by atoms with E-state index in [4.69, 9.17) is 5.11 Å². The Morgan fingerprint density at radius 3 is 1.85 bits per heavy atom. The molecule has 20 heavy (non-hydrogen) atoms. The van der Waals surface area contributed by atoms with Gasteiger partial charge in [0, 0.05) is 6.07 Å². The minimum absolute atomic E-state index is 0.104. The Hall–Kier alpha value is -1.91. The Balaban J connectivity index is 3.76. The normalized spacial score (nSPS) is 13.4. The molecule has 0 aliphatic rings. The molecule has 0 unspecified atom stereocenters. The van der Waals surface area contributed by atoms with Gasteiger partial charge in [-0.1, -0.05) is 0 Å². The lowest BCUT2D eigenvalue weighted by Crippen LogP contribution is -2.54. The van der Waals surface area contributed by atoms with Crippen LogP contribution in [-0.2, 0) is 5.60 Å². The Morgan fingerprint density at radius 2 is 1.50 bits per heavy atom. The maximum atomic E-state index is 12.8. The van der Waals surface area contributed by atoms with Crippen molar-refractivity contribution in [3.05, 3.63) is 39.7 Å². The molecule has 0 bridgehead atoms. The van der Waals surface area contributed by atoms with Crippen molar-refractivity contribution in [1.82, 2.24) is 0 Å². The number of hydrogen-bond acceptors (Lipinski definition) is 3. The number of alkyl halides is 6. The Labute approximate surface area is 105 Å². The number of halogens is 7. The van der Waals surface area contributed by atoms with Gasteiger partial charge in [-0.3, -0.25) is 10.1 Å². The molecule has 0 aliphatic heterocycles. The number of rotatable bonds is 2. The molecule has 0 radical (unpaired) electrons. The maximum Gasteiger partial charge on any atom is 0.430 e. The van der Waals surface area contributed by atoms with E-state index in [9.17, 15) is 40.8 Å². The molecule has 0 amide bonds. The first-order chi connectivity index (χ1) is 8.82. The van der Waals surface area contributed by atoms with Crippen LogP contribution in [0.3, 0.4) is 0 Å². The van der Waals surface area contributed by atoms with Gasteiger partial charge in [0.1, 0.15) is 5.82 Å². The number of benzene rings is 1. The van der Waals surface area contributed by atoms with Crippen LogP contribution in [0.5, 0.6) is 0 Å². The molecule has 112 valence electrons. The minimum Gasteiger partial charge on any atom is -0.369 e. The monoisotopic (exact) mass is 307 g/mol. The van der Waals surface area contributed by atoms with Crippen LogP contribution < -0.4 is 0 Å². The lowest BCUT2D eigenvalue weighted by atomic mass is 9.90. The van der Waals surface area contributed by atoms with Crippen LogP contribution >= 0.6 is 0 Å². The van der Waals surface area contributed by atoms with Crippen molar-refractivity contribution >= 4 is 5.69 Å². The molecular formula is C9H4F7NO3. The van der Waals surface area contributed by atoms with Crippen LogP contribution in [0, 0.1) is 15.9 Å². The number of nitro groups is 1. The molecule has 1 rings (SSSR count). The summed E-state index contributed by atoms with van der Waals surface area (Å²) in [5.74, 6) is -1.60. The van der Waals surface area contributed by atoms with Crippen LogP contribution in [0.25, 0.3) is 0 Å². The van der Waals surface area contributed by atoms with Crippen LogP contribution in [0.15, 0.2) is 18.2 Å². The minimum atomic E-state index is -6.33. The molecule has 1 aromatic carbocycles. The fraction of sp³-hybridized carbons (Fsp3) is 0.333. The largest absolute Gasteiger partial charge is 0.430 e. The van der Waals surface area contributed by atoms with Gasteiger partial charge in [0.15, 0.2) is 0 Å². The number of nitro benzene ring substituents is 1. The fourth-order valence-electron chi connectivity index (χ4n) is 1.42. The van der Waals surface area contributed by atoms with Gasteiger partial charge in [-0.05, 0) is 12.1 Å². The van der Waals surface area contributed by atoms with Crippen molar-refractivity contribution in [2.45, 2.75) is 18.0 Å². The molecule has 0 atom stereocenters. The van der Waals surface area contributed by atoms with Crippen LogP contribution in [-0.4, -0.2) is 22.4 Å². The van der Waals surface area contributed by atoms with E-state index in [2.05, 4.69) is 0 Å². The summed E-state index contributed by atoms with van der Waals surface area (Å²) >= 11 is 0. The Morgan fingerprint density at radius 1 is 1.05 bits per heavy atom. The van der Waals surface area contributed by atoms with Crippen molar-refractivity contribution < 1.29 is 40.8 Å². The van der Waals surface area contributed by atoms with E-state index >= 15 is 0 Å². The number of aliphatic hydroxyl groups is 1. The summed E-state index contributed by atoms with van der Waals surface area (Å²) in [6.45, 7) is 0. The SMILES string of the molecule is O=[N+]([O-])c1ccc(F)cc1C(O)(C(F)(F)F)C(F)(F)F. The van der Waals surface area contributed by atoms with Gasteiger partial charge in [-0.25, -0.2) is 4.39 Å². The topological polar surface area (TPSA) is 63.4 Å². The van der Waals surface area contributed by atoms with Gasteiger partial charge in [-0.2, -0.15) is 26.3 Å². The molecule has 0 aromatic heterocycles. The first-order valence-corrected chi connectivity index (χ1v) is 4.62. The van der Waals surface area contributed by atoms with E-state index in [1.165, 1.54) is 0 Å². The molecule has 0 fully saturated rings. The summed E-state index contributed by atoms with van der Waals surface area (Å²) in [6, 6.07) is 0.0288. The highest BCUT2D eigenvalue weighted by atomic mass is 19.4. The molecule has 0 saturated carbocycles. The van der Waals surface area contributed by atoms with Gasteiger partial charge in [0.2, 0.25) is 0 Å². The van der Waals surface area contributed by atoms with E-state index in [0.717, 1.165) is 0 Å². The zero-order chi connectivity index (χ0) is 15.9. The quantitative estimate of drug-likeness (QED) is 0.519. The van der Waals surface area contributed by atoms with E-state index in [1.807, 2.05) is 0 Å². The average molecular weight is 307 g/mol. The molecule has 0 aliphatic carbocycles. The molecule has 4 nitrogen and oxygen atoms in total. The van der Waals surface area contributed by atoms with Gasteiger partial charge in [-0.15, -0.1) is 0 Å². The molecule has 0 heterocycles. The van der Waals surface area contributed by atoms with Gasteiger partial charge >= 0.3 is 12.4 Å². The Bertz CT molecular complexity index is 523. The van der Waals surface area contributed by atoms with Crippen LogP contribution in [0.4, 0.5) is 36.4 Å². The van der Waals surface area contributed by atoms with Crippen molar-refractivity contribution in [3.63, 3.8) is 0 Å². The summed E-state index contributed by atoms with van der Waals surface area (Å²) in [6.07, 6.45) is -12.7. The van der Waals surface area contributed by atoms with E-state index < -0.39 is 39.9 Å². The van der Waals surface area contributed by atoms with E-state index in [0.29, 0.717) is 6.07 Å². The zero-order valence-corrected chi connectivity index (χ0v) is 9.09. The zero-order valence-electron chi connectivity index (χ0n) is 9.09. The second-order valence-electron chi connectivity index (χ2n) is 3.62. The summed E-state index contributed by atoms with van der Waals surface area (Å²) in [5, 5.41) is 19.5. The van der Waals surface area contributed by atoms with Crippen molar-refractivity contribution in [3.8, 4) is 0 Å². The van der Waals surface area contributed by atoms with Crippen molar-refractivity contribution in [1.29, 1.82) is 0 Å². The molecule has 0 saturated heterocycles. The predicted octanol–water partition coefficient (Wildman–Crippen LogP) is 3.05. The van der Waals surface area contributed by atoms with Gasteiger partial charge in [0.25, 0.3) is 11.3 Å². The van der Waals surface area contributed by atoms with Crippen molar-refractivity contribution in [2.75, 3.05) is 0 Å². The van der Waals surface area contributed by atoms with Crippen LogP contribution in [0.2, 0.25) is 0 Å². The number of hydrogen-bond donors (Lipinski definition) is 1. The predicted molar refractivity (Wildman–Crippen MR) is 49.1 cm³/mol. The summed E-state index contributed by atoms with van der Waals surface area (Å²) in [7, 11) is 0. The molecule has 0 spiro atoms. The lowest BCUT2D eigenvalue weighted by molar-refractivity contribution is -0.401. The highest BCUT2D eigenvalue weighted by Crippen LogP contribution is 2.52. The van der Waals surface area contributed by atoms with Gasteiger partial charge < -0.3 is 5.11 Å². The first-order valence-electron chi connectivity index (χ1n) is 4.62. The summed E-state index contributed by atoms with van der Waals surface area (Å²) in [5.41, 5.74) is -9.49. The lowest BCUT2D eigenvalue weighted by Gasteiger charge is -2.32. The maximum absolute atomic E-state index is 12.8. The third-order valence-electron chi connectivity index (χ3n) is 2.37. The molecule has 11 heteroatoms. The number of nitrogens with zero attached hydrogens (tertiary/aromatic N) is 1. The highest BCUT2D eigenvalue weighted by molar-refractivity contribution is 5.46. The third-order valence-corrected chi connectivity index (χ3v) is 2.37. The van der Waals surface area contributed by atoms with Crippen LogP contribution in [0.1, 0.15) is 5.56 Å². The second-order valence-corrected chi connectivity index (χ2v) is 3.62. The molecule has 1 N–H and O–H groups in total. The standard InChI is InChI=1S/C9H4F7NO3/c10-4-1-2-6(17(19)20)5(3-4)7(18,8(11,12)13)9(14,15)16/h1-3,18H. The van der Waals surface area contributed by atoms with E-state index in [-0.39, 0.29) is 12.1 Å². The smallest absolute Gasteiger partial charge is 0.369 e. The second kappa shape index (κ2) is 4.58. The van der Waals surface area contributed by atoms with E-state index in [1.54, 1.807) is 0 Å². The van der Waals surface area contributed by atoms with Crippen molar-refractivity contribution in [2.24, 2.45) is 0 Å². The average Bonchev–Trinajstić information content (AvgIpc) is 2.24. The first kappa shape index (κ1) is 16.1. The summed E-state index contributed by atoms with van der Waals surface area (Å²) < 4.78 is 88.1. The Kier molecular flexibility index (Phi) is 3.70. The van der Waals surface area contributed by atoms with Gasteiger partial charge in [0.05, 0.1) is 10.5 Å². The third kappa shape index (κ3) is 2.40. The summed E-state index contributed by atoms with van der Waals surface area (Å²) in [4.78, 5) is 8.88. The molecule has 1 aromatic rings. The fourth-order valence-corrected chi connectivity index (χ4v) is 1.42. The molecular weight excluding hydrogens is 303 g/mol. The highest BCUT2D eigenvalue weighted by Gasteiger charge is 2.73.